The van der Waals surface area contributed by atoms with Crippen LogP contribution < -0.4 is 0 Å². The minimum atomic E-state index is 0.215. The molecular weight excluding hydrogens is 204 g/mol. The molecule has 90 valence electrons. The van der Waals surface area contributed by atoms with E-state index >= 15 is 0 Å². The van der Waals surface area contributed by atoms with E-state index in [0.717, 1.165) is 24.2 Å². The molecule has 0 radical (unpaired) electrons. The molecule has 1 aliphatic carbocycles. The average molecular weight is 230 g/mol. The quantitative estimate of drug-likeness (QED) is 0.723. The predicted molar refractivity (Wildman–Crippen MR) is 69.6 cm³/mol. The van der Waals surface area contributed by atoms with E-state index in [1.807, 2.05) is 0 Å². The van der Waals surface area contributed by atoms with Gasteiger partial charge in [-0.15, -0.1) is 0 Å². The number of hydrogen-bond donors (Lipinski definition) is 1. The summed E-state index contributed by atoms with van der Waals surface area (Å²) >= 11 is 4.35. The Morgan fingerprint density at radius 2 is 1.67 bits per heavy atom. The summed E-state index contributed by atoms with van der Waals surface area (Å²) in [5.41, 5.74) is 0.215. The Labute approximate surface area is 100 Å². The first-order chi connectivity index (χ1) is 6.93. The minimum absolute atomic E-state index is 0.215. The Morgan fingerprint density at radius 1 is 1.13 bits per heavy atom. The summed E-state index contributed by atoms with van der Waals surface area (Å²) in [6.45, 7) is 9.97. The highest BCUT2D eigenvalue weighted by atomic mass is 32.1. The van der Waals surface area contributed by atoms with E-state index in [1.165, 1.54) is 19.3 Å². The van der Waals surface area contributed by atoms with Crippen molar-refractivity contribution in [1.29, 1.82) is 0 Å². The molecule has 0 heterocycles. The van der Waals surface area contributed by atoms with Crippen molar-refractivity contribution in [3.8, 4) is 0 Å². The topological polar surface area (TPSA) is 9.23 Å². The van der Waals surface area contributed by atoms with Gasteiger partial charge in [0.1, 0.15) is 0 Å². The zero-order chi connectivity index (χ0) is 11.5. The van der Waals surface area contributed by atoms with Gasteiger partial charge in [-0.1, -0.05) is 27.7 Å². The van der Waals surface area contributed by atoms with E-state index in [4.69, 9.17) is 4.74 Å². The van der Waals surface area contributed by atoms with Crippen LogP contribution in [0.15, 0.2) is 0 Å². The first-order valence-electron chi connectivity index (χ1n) is 6.15. The van der Waals surface area contributed by atoms with Crippen LogP contribution in [0.2, 0.25) is 0 Å². The first-order valence-corrected chi connectivity index (χ1v) is 6.78. The molecule has 1 rings (SSSR count). The molecule has 1 fully saturated rings. The molecule has 0 saturated heterocycles. The van der Waals surface area contributed by atoms with Gasteiger partial charge in [0.15, 0.2) is 0 Å². The van der Waals surface area contributed by atoms with Crippen molar-refractivity contribution in [3.63, 3.8) is 0 Å². The van der Waals surface area contributed by atoms with Crippen molar-refractivity contribution in [1.82, 2.24) is 0 Å². The summed E-state index contributed by atoms with van der Waals surface area (Å²) in [6.07, 6.45) is 4.35. The van der Waals surface area contributed by atoms with E-state index in [0.29, 0.717) is 6.10 Å². The summed E-state index contributed by atoms with van der Waals surface area (Å²) in [7, 11) is 0. The molecular formula is C13H26OS. The lowest BCUT2D eigenvalue weighted by Crippen LogP contribution is -2.31. The Kier molecular flexibility index (Phi) is 4.98. The highest BCUT2D eigenvalue weighted by Crippen LogP contribution is 2.31. The standard InChI is InChI=1S/C13H26OS/c1-10-5-11(2)7-12(6-10)14-8-13(3,4)9-15/h10-12,15H,5-9H2,1-4H3. The highest BCUT2D eigenvalue weighted by molar-refractivity contribution is 7.80. The van der Waals surface area contributed by atoms with E-state index in [1.54, 1.807) is 0 Å². The van der Waals surface area contributed by atoms with Crippen molar-refractivity contribution < 1.29 is 4.74 Å². The predicted octanol–water partition coefficient (Wildman–Crippen LogP) is 3.78. The molecule has 0 aliphatic heterocycles. The van der Waals surface area contributed by atoms with Crippen molar-refractivity contribution in [2.24, 2.45) is 17.3 Å². The number of rotatable bonds is 4. The average Bonchev–Trinajstić information content (AvgIpc) is 2.14. The Bertz CT molecular complexity index is 181. The van der Waals surface area contributed by atoms with E-state index in [2.05, 4.69) is 40.3 Å². The number of thiol groups is 1. The molecule has 2 unspecified atom stereocenters. The van der Waals surface area contributed by atoms with Crippen LogP contribution in [-0.4, -0.2) is 18.5 Å². The van der Waals surface area contributed by atoms with E-state index in [9.17, 15) is 0 Å². The van der Waals surface area contributed by atoms with Gasteiger partial charge in [0.25, 0.3) is 0 Å². The molecule has 0 aromatic rings. The molecule has 2 heteroatoms. The van der Waals surface area contributed by atoms with Gasteiger partial charge >= 0.3 is 0 Å². The van der Waals surface area contributed by atoms with Crippen LogP contribution in [0.5, 0.6) is 0 Å². The lowest BCUT2D eigenvalue weighted by Gasteiger charge is -2.33. The zero-order valence-electron chi connectivity index (χ0n) is 10.6. The van der Waals surface area contributed by atoms with Crippen molar-refractivity contribution in [3.05, 3.63) is 0 Å². The van der Waals surface area contributed by atoms with Crippen LogP contribution >= 0.6 is 12.6 Å². The summed E-state index contributed by atoms with van der Waals surface area (Å²) in [5.74, 6) is 2.56. The minimum Gasteiger partial charge on any atom is -0.378 e. The molecule has 0 aromatic heterocycles. The third-order valence-electron chi connectivity index (χ3n) is 3.27. The summed E-state index contributed by atoms with van der Waals surface area (Å²) in [4.78, 5) is 0. The number of ether oxygens (including phenoxy) is 1. The summed E-state index contributed by atoms with van der Waals surface area (Å²) in [5, 5.41) is 0. The Hall–Kier alpha value is 0.310. The summed E-state index contributed by atoms with van der Waals surface area (Å²) in [6, 6.07) is 0. The van der Waals surface area contributed by atoms with Crippen LogP contribution in [0.4, 0.5) is 0 Å². The van der Waals surface area contributed by atoms with Gasteiger partial charge in [-0.2, -0.15) is 12.6 Å². The number of hydrogen-bond acceptors (Lipinski definition) is 2. The molecule has 1 saturated carbocycles. The second-order valence-corrected chi connectivity index (χ2v) is 6.49. The van der Waals surface area contributed by atoms with Crippen LogP contribution in [0.1, 0.15) is 47.0 Å². The van der Waals surface area contributed by atoms with E-state index < -0.39 is 0 Å². The monoisotopic (exact) mass is 230 g/mol. The van der Waals surface area contributed by atoms with Crippen molar-refractivity contribution in [2.75, 3.05) is 12.4 Å². The lowest BCUT2D eigenvalue weighted by molar-refractivity contribution is -0.0289. The normalized spacial score (nSPS) is 33.0. The third kappa shape index (κ3) is 4.78. The largest absolute Gasteiger partial charge is 0.378 e. The fourth-order valence-electron chi connectivity index (χ4n) is 2.40. The second-order valence-electron chi connectivity index (χ2n) is 6.17. The molecule has 2 atom stereocenters. The Balaban J connectivity index is 2.32. The van der Waals surface area contributed by atoms with Gasteiger partial charge in [0.05, 0.1) is 12.7 Å². The maximum atomic E-state index is 6.03. The second kappa shape index (κ2) is 5.58. The SMILES string of the molecule is CC1CC(C)CC(OCC(C)(C)CS)C1. The fourth-order valence-corrected chi connectivity index (χ4v) is 2.49. The van der Waals surface area contributed by atoms with E-state index in [-0.39, 0.29) is 5.41 Å². The maximum Gasteiger partial charge on any atom is 0.0580 e. The smallest absolute Gasteiger partial charge is 0.0580 e. The molecule has 0 spiro atoms. The fraction of sp³-hybridized carbons (Fsp3) is 1.00. The van der Waals surface area contributed by atoms with Crippen LogP contribution in [0.3, 0.4) is 0 Å². The molecule has 0 amide bonds. The van der Waals surface area contributed by atoms with Crippen molar-refractivity contribution in [2.45, 2.75) is 53.1 Å². The van der Waals surface area contributed by atoms with Gasteiger partial charge in [0, 0.05) is 0 Å². The van der Waals surface area contributed by atoms with Crippen LogP contribution in [0, 0.1) is 17.3 Å². The highest BCUT2D eigenvalue weighted by Gasteiger charge is 2.26. The van der Waals surface area contributed by atoms with Gasteiger partial charge in [-0.3, -0.25) is 0 Å². The zero-order valence-corrected chi connectivity index (χ0v) is 11.5. The molecule has 0 aromatic carbocycles. The molecule has 1 nitrogen and oxygen atoms in total. The van der Waals surface area contributed by atoms with Crippen LogP contribution in [0.25, 0.3) is 0 Å². The molecule has 0 N–H and O–H groups in total. The summed E-state index contributed by atoms with van der Waals surface area (Å²) < 4.78 is 6.03. The van der Waals surface area contributed by atoms with Gasteiger partial charge in [-0.05, 0) is 42.3 Å². The molecule has 1 aliphatic rings. The van der Waals surface area contributed by atoms with Gasteiger partial charge in [0.2, 0.25) is 0 Å². The first kappa shape index (κ1) is 13.4. The maximum absolute atomic E-state index is 6.03. The Morgan fingerprint density at radius 3 is 2.13 bits per heavy atom. The van der Waals surface area contributed by atoms with Gasteiger partial charge < -0.3 is 4.74 Å². The van der Waals surface area contributed by atoms with Crippen LogP contribution in [-0.2, 0) is 4.74 Å². The molecule has 0 bridgehead atoms. The van der Waals surface area contributed by atoms with Crippen molar-refractivity contribution >= 4 is 12.6 Å². The molecule has 15 heavy (non-hydrogen) atoms. The lowest BCUT2D eigenvalue weighted by atomic mass is 9.81. The van der Waals surface area contributed by atoms with Gasteiger partial charge in [-0.25, -0.2) is 0 Å². The third-order valence-corrected chi connectivity index (χ3v) is 4.13.